The molecule has 0 aromatic heterocycles. The Bertz CT molecular complexity index is 187. The molecule has 2 rings (SSSR count). The molecule has 2 aliphatic rings. The summed E-state index contributed by atoms with van der Waals surface area (Å²) >= 11 is 0. The molecule has 0 aliphatic carbocycles. The molecule has 0 spiro atoms. The lowest BCUT2D eigenvalue weighted by Gasteiger charge is -2.32. The summed E-state index contributed by atoms with van der Waals surface area (Å²) in [6.45, 7) is 12.0. The normalized spacial score (nSPS) is 33.8. The standard InChI is InChI=1S/C12H25N3/c1-10(2)12-11(3-4-14-12)9-15-7-5-13-6-8-15/h10-14H,3-9H2,1-2H3/t11-,12-/m0/s1. The van der Waals surface area contributed by atoms with Crippen molar-refractivity contribution in [3.63, 3.8) is 0 Å². The molecule has 3 heteroatoms. The van der Waals surface area contributed by atoms with Crippen LogP contribution in [0.25, 0.3) is 0 Å². The molecule has 2 aliphatic heterocycles. The minimum Gasteiger partial charge on any atom is -0.314 e. The summed E-state index contributed by atoms with van der Waals surface area (Å²) < 4.78 is 0. The third-order valence-electron chi connectivity index (χ3n) is 3.82. The molecule has 2 heterocycles. The lowest BCUT2D eigenvalue weighted by molar-refractivity contribution is 0.186. The molecular formula is C12H25N3. The Morgan fingerprint density at radius 1 is 1.20 bits per heavy atom. The lowest BCUT2D eigenvalue weighted by atomic mass is 9.91. The molecule has 0 saturated carbocycles. The molecule has 0 bridgehead atoms. The van der Waals surface area contributed by atoms with E-state index in [9.17, 15) is 0 Å². The van der Waals surface area contributed by atoms with Crippen LogP contribution >= 0.6 is 0 Å². The molecule has 2 saturated heterocycles. The fourth-order valence-electron chi connectivity index (χ4n) is 2.99. The topological polar surface area (TPSA) is 27.3 Å². The van der Waals surface area contributed by atoms with Gasteiger partial charge in [0.25, 0.3) is 0 Å². The molecule has 2 N–H and O–H groups in total. The Morgan fingerprint density at radius 2 is 1.93 bits per heavy atom. The van der Waals surface area contributed by atoms with Crippen LogP contribution in [0, 0.1) is 11.8 Å². The highest BCUT2D eigenvalue weighted by Crippen LogP contribution is 2.22. The summed E-state index contributed by atoms with van der Waals surface area (Å²) in [5.41, 5.74) is 0. The van der Waals surface area contributed by atoms with Crippen molar-refractivity contribution in [3.05, 3.63) is 0 Å². The Balaban J connectivity index is 1.81. The monoisotopic (exact) mass is 211 g/mol. The van der Waals surface area contributed by atoms with E-state index in [2.05, 4.69) is 29.4 Å². The molecule has 88 valence electrons. The van der Waals surface area contributed by atoms with E-state index in [1.54, 1.807) is 0 Å². The van der Waals surface area contributed by atoms with Crippen LogP contribution in [0.2, 0.25) is 0 Å². The molecule has 0 amide bonds. The first-order chi connectivity index (χ1) is 7.27. The van der Waals surface area contributed by atoms with Crippen LogP contribution in [0.4, 0.5) is 0 Å². The lowest BCUT2D eigenvalue weighted by Crippen LogP contribution is -2.47. The van der Waals surface area contributed by atoms with Crippen molar-refractivity contribution in [1.82, 2.24) is 15.5 Å². The number of piperazine rings is 1. The summed E-state index contributed by atoms with van der Waals surface area (Å²) in [6.07, 6.45) is 1.37. The van der Waals surface area contributed by atoms with Crippen LogP contribution in [0.15, 0.2) is 0 Å². The molecule has 0 aromatic carbocycles. The molecule has 3 nitrogen and oxygen atoms in total. The van der Waals surface area contributed by atoms with E-state index in [-0.39, 0.29) is 0 Å². The summed E-state index contributed by atoms with van der Waals surface area (Å²) in [5, 5.41) is 7.07. The fraction of sp³-hybridized carbons (Fsp3) is 1.00. The molecular weight excluding hydrogens is 186 g/mol. The highest BCUT2D eigenvalue weighted by Gasteiger charge is 2.30. The summed E-state index contributed by atoms with van der Waals surface area (Å²) in [7, 11) is 0. The second-order valence-corrected chi connectivity index (χ2v) is 5.32. The van der Waals surface area contributed by atoms with Gasteiger partial charge in [-0.3, -0.25) is 0 Å². The predicted molar refractivity (Wildman–Crippen MR) is 64.0 cm³/mol. The summed E-state index contributed by atoms with van der Waals surface area (Å²) in [5.74, 6) is 1.66. The van der Waals surface area contributed by atoms with Gasteiger partial charge in [0.15, 0.2) is 0 Å². The molecule has 2 fully saturated rings. The van der Waals surface area contributed by atoms with Gasteiger partial charge in [-0.25, -0.2) is 0 Å². The van der Waals surface area contributed by atoms with Gasteiger partial charge in [-0.2, -0.15) is 0 Å². The number of hydrogen-bond acceptors (Lipinski definition) is 3. The van der Waals surface area contributed by atoms with Gasteiger partial charge in [-0.15, -0.1) is 0 Å². The van der Waals surface area contributed by atoms with E-state index >= 15 is 0 Å². The quantitative estimate of drug-likeness (QED) is 0.713. The SMILES string of the molecule is CC(C)[C@@H]1NCC[C@H]1CN1CCNCC1. The zero-order valence-corrected chi connectivity index (χ0v) is 10.1. The second-order valence-electron chi connectivity index (χ2n) is 5.32. The van der Waals surface area contributed by atoms with Crippen LogP contribution < -0.4 is 10.6 Å². The second kappa shape index (κ2) is 5.28. The van der Waals surface area contributed by atoms with Crippen molar-refractivity contribution in [1.29, 1.82) is 0 Å². The average Bonchev–Trinajstić information content (AvgIpc) is 2.67. The smallest absolute Gasteiger partial charge is 0.0131 e. The van der Waals surface area contributed by atoms with Crippen molar-refractivity contribution >= 4 is 0 Å². The van der Waals surface area contributed by atoms with Crippen LogP contribution in [0.1, 0.15) is 20.3 Å². The highest BCUT2D eigenvalue weighted by atomic mass is 15.2. The van der Waals surface area contributed by atoms with E-state index in [0.29, 0.717) is 0 Å². The van der Waals surface area contributed by atoms with E-state index < -0.39 is 0 Å². The van der Waals surface area contributed by atoms with Gasteiger partial charge >= 0.3 is 0 Å². The maximum Gasteiger partial charge on any atom is 0.0131 e. The first kappa shape index (κ1) is 11.4. The zero-order valence-electron chi connectivity index (χ0n) is 10.1. The van der Waals surface area contributed by atoms with E-state index in [1.165, 1.54) is 45.7 Å². The Morgan fingerprint density at radius 3 is 2.60 bits per heavy atom. The molecule has 0 aromatic rings. The third kappa shape index (κ3) is 2.92. The number of nitrogens with one attached hydrogen (secondary N) is 2. The van der Waals surface area contributed by atoms with Gasteiger partial charge in [0, 0.05) is 38.8 Å². The van der Waals surface area contributed by atoms with Gasteiger partial charge in [0.1, 0.15) is 0 Å². The number of nitrogens with zero attached hydrogens (tertiary/aromatic N) is 1. The van der Waals surface area contributed by atoms with Crippen molar-refractivity contribution < 1.29 is 0 Å². The number of rotatable bonds is 3. The zero-order chi connectivity index (χ0) is 10.7. The van der Waals surface area contributed by atoms with Crippen LogP contribution in [-0.2, 0) is 0 Å². The predicted octanol–water partition coefficient (Wildman–Crippen LogP) is 0.526. The Kier molecular flexibility index (Phi) is 4.00. The van der Waals surface area contributed by atoms with Crippen LogP contribution in [0.5, 0.6) is 0 Å². The first-order valence-corrected chi connectivity index (χ1v) is 6.44. The molecule has 2 atom stereocenters. The van der Waals surface area contributed by atoms with Crippen molar-refractivity contribution in [3.8, 4) is 0 Å². The van der Waals surface area contributed by atoms with E-state index in [4.69, 9.17) is 0 Å². The van der Waals surface area contributed by atoms with Crippen molar-refractivity contribution in [2.75, 3.05) is 39.3 Å². The highest BCUT2D eigenvalue weighted by molar-refractivity contribution is 4.88. The Hall–Kier alpha value is -0.120. The summed E-state index contributed by atoms with van der Waals surface area (Å²) in [6, 6.07) is 0.750. The van der Waals surface area contributed by atoms with Gasteiger partial charge < -0.3 is 15.5 Å². The van der Waals surface area contributed by atoms with Crippen LogP contribution in [-0.4, -0.2) is 50.2 Å². The van der Waals surface area contributed by atoms with Gasteiger partial charge in [-0.05, 0) is 24.8 Å². The third-order valence-corrected chi connectivity index (χ3v) is 3.82. The fourth-order valence-corrected chi connectivity index (χ4v) is 2.99. The molecule has 0 unspecified atom stereocenters. The minimum absolute atomic E-state index is 0.750. The maximum absolute atomic E-state index is 3.65. The van der Waals surface area contributed by atoms with Gasteiger partial charge in [-0.1, -0.05) is 13.8 Å². The minimum atomic E-state index is 0.750. The first-order valence-electron chi connectivity index (χ1n) is 6.44. The molecule has 0 radical (unpaired) electrons. The van der Waals surface area contributed by atoms with Crippen molar-refractivity contribution in [2.45, 2.75) is 26.3 Å². The number of hydrogen-bond donors (Lipinski definition) is 2. The van der Waals surface area contributed by atoms with Crippen molar-refractivity contribution in [2.24, 2.45) is 11.8 Å². The van der Waals surface area contributed by atoms with Gasteiger partial charge in [0.2, 0.25) is 0 Å². The van der Waals surface area contributed by atoms with Crippen LogP contribution in [0.3, 0.4) is 0 Å². The average molecular weight is 211 g/mol. The van der Waals surface area contributed by atoms with E-state index in [0.717, 1.165) is 17.9 Å². The van der Waals surface area contributed by atoms with Gasteiger partial charge in [0.05, 0.1) is 0 Å². The molecule has 15 heavy (non-hydrogen) atoms. The maximum atomic E-state index is 3.65. The van der Waals surface area contributed by atoms with E-state index in [1.807, 2.05) is 0 Å². The Labute approximate surface area is 93.6 Å². The summed E-state index contributed by atoms with van der Waals surface area (Å²) in [4.78, 5) is 2.63. The largest absolute Gasteiger partial charge is 0.314 e.